The van der Waals surface area contributed by atoms with E-state index in [-0.39, 0.29) is 0 Å². The summed E-state index contributed by atoms with van der Waals surface area (Å²) in [5.74, 6) is 3.50. The van der Waals surface area contributed by atoms with Crippen LogP contribution in [0.1, 0.15) is 36.0 Å². The minimum Gasteiger partial charge on any atom is -0.355 e. The molecule has 4 rings (SSSR count). The number of nitrogens with zero attached hydrogens (tertiary/aromatic N) is 6. The number of hydrogen-bond donors (Lipinski definition) is 0. The zero-order valence-electron chi connectivity index (χ0n) is 14.4. The first-order chi connectivity index (χ1) is 12.3. The molecule has 1 aromatic carbocycles. The zero-order valence-corrected chi connectivity index (χ0v) is 14.4. The topological polar surface area (TPSA) is 59.7 Å². The van der Waals surface area contributed by atoms with Gasteiger partial charge in [0.1, 0.15) is 17.5 Å². The molecule has 6 heteroatoms. The minimum absolute atomic E-state index is 0.442. The molecule has 0 N–H and O–H groups in total. The Bertz CT molecular complexity index is 806. The van der Waals surface area contributed by atoms with Crippen LogP contribution in [0, 0.1) is 6.92 Å². The predicted molar refractivity (Wildman–Crippen MR) is 96.5 cm³/mol. The van der Waals surface area contributed by atoms with Crippen LogP contribution >= 0.6 is 0 Å². The van der Waals surface area contributed by atoms with Crippen molar-refractivity contribution in [3.8, 4) is 0 Å². The first kappa shape index (κ1) is 15.7. The molecule has 128 valence electrons. The summed E-state index contributed by atoms with van der Waals surface area (Å²) in [5.41, 5.74) is 1.28. The summed E-state index contributed by atoms with van der Waals surface area (Å²) in [4.78, 5) is 10.9. The van der Waals surface area contributed by atoms with Crippen molar-refractivity contribution >= 4 is 5.82 Å². The van der Waals surface area contributed by atoms with E-state index in [1.54, 1.807) is 12.4 Å². The molecule has 0 amide bonds. The quantitative estimate of drug-likeness (QED) is 0.734. The van der Waals surface area contributed by atoms with E-state index in [9.17, 15) is 0 Å². The van der Waals surface area contributed by atoms with E-state index in [2.05, 4.69) is 53.9 Å². The fourth-order valence-corrected chi connectivity index (χ4v) is 3.48. The highest BCUT2D eigenvalue weighted by Gasteiger charge is 2.26. The standard InChI is InChI=1S/C19H22N6/c1-15-22-23-19(25(15)14-16-5-3-2-4-6-16)17-7-11-24(12-8-17)18-13-20-9-10-21-18/h2-6,9-10,13,17H,7-8,11-12,14H2,1H3. The highest BCUT2D eigenvalue weighted by molar-refractivity contribution is 5.36. The van der Waals surface area contributed by atoms with Crippen molar-refractivity contribution in [2.75, 3.05) is 18.0 Å². The number of anilines is 1. The Labute approximate surface area is 147 Å². The zero-order chi connectivity index (χ0) is 17.1. The molecule has 1 fully saturated rings. The Morgan fingerprint density at radius 3 is 2.56 bits per heavy atom. The van der Waals surface area contributed by atoms with Gasteiger partial charge < -0.3 is 9.47 Å². The van der Waals surface area contributed by atoms with Crippen LogP contribution in [0.25, 0.3) is 0 Å². The molecule has 3 aromatic rings. The van der Waals surface area contributed by atoms with Gasteiger partial charge in [0.05, 0.1) is 12.7 Å². The van der Waals surface area contributed by atoms with Gasteiger partial charge in [-0.05, 0) is 25.3 Å². The van der Waals surface area contributed by atoms with Crippen molar-refractivity contribution in [3.05, 3.63) is 66.1 Å². The molecule has 2 aromatic heterocycles. The molecule has 1 aliphatic heterocycles. The van der Waals surface area contributed by atoms with E-state index >= 15 is 0 Å². The normalized spacial score (nSPS) is 15.5. The molecule has 1 saturated heterocycles. The van der Waals surface area contributed by atoms with Crippen LogP contribution in [0.15, 0.2) is 48.9 Å². The van der Waals surface area contributed by atoms with Crippen molar-refractivity contribution in [2.24, 2.45) is 0 Å². The van der Waals surface area contributed by atoms with Gasteiger partial charge in [-0.2, -0.15) is 0 Å². The van der Waals surface area contributed by atoms with Crippen molar-refractivity contribution in [2.45, 2.75) is 32.2 Å². The molecule has 0 spiro atoms. The van der Waals surface area contributed by atoms with Gasteiger partial charge in [-0.15, -0.1) is 10.2 Å². The molecule has 0 radical (unpaired) electrons. The Hall–Kier alpha value is -2.76. The molecule has 0 unspecified atom stereocenters. The highest BCUT2D eigenvalue weighted by atomic mass is 15.3. The van der Waals surface area contributed by atoms with E-state index < -0.39 is 0 Å². The van der Waals surface area contributed by atoms with Gasteiger partial charge in [0.15, 0.2) is 0 Å². The van der Waals surface area contributed by atoms with Gasteiger partial charge in [0, 0.05) is 31.4 Å². The Balaban J connectivity index is 1.48. The third-order valence-electron chi connectivity index (χ3n) is 4.88. The molecule has 0 aliphatic carbocycles. The van der Waals surface area contributed by atoms with Gasteiger partial charge in [-0.3, -0.25) is 4.98 Å². The SMILES string of the molecule is Cc1nnc(C2CCN(c3cnccn3)CC2)n1Cc1ccccc1. The summed E-state index contributed by atoms with van der Waals surface area (Å²) < 4.78 is 2.26. The minimum atomic E-state index is 0.442. The van der Waals surface area contributed by atoms with Gasteiger partial charge in [-0.25, -0.2) is 4.98 Å². The Morgan fingerprint density at radius 1 is 1.04 bits per heavy atom. The van der Waals surface area contributed by atoms with Crippen LogP contribution in [-0.4, -0.2) is 37.8 Å². The van der Waals surface area contributed by atoms with Crippen molar-refractivity contribution in [3.63, 3.8) is 0 Å². The highest BCUT2D eigenvalue weighted by Crippen LogP contribution is 2.29. The predicted octanol–water partition coefficient (Wildman–Crippen LogP) is 2.81. The van der Waals surface area contributed by atoms with E-state index in [4.69, 9.17) is 0 Å². The number of hydrogen-bond acceptors (Lipinski definition) is 5. The van der Waals surface area contributed by atoms with Crippen LogP contribution in [0.4, 0.5) is 5.82 Å². The summed E-state index contributed by atoms with van der Waals surface area (Å²) >= 11 is 0. The number of rotatable bonds is 4. The Morgan fingerprint density at radius 2 is 1.84 bits per heavy atom. The van der Waals surface area contributed by atoms with E-state index in [0.29, 0.717) is 5.92 Å². The second-order valence-electron chi connectivity index (χ2n) is 6.50. The average Bonchev–Trinajstić information content (AvgIpc) is 3.04. The molecule has 6 nitrogen and oxygen atoms in total. The first-order valence-electron chi connectivity index (χ1n) is 8.76. The van der Waals surface area contributed by atoms with Crippen LogP contribution in [0.2, 0.25) is 0 Å². The molecular formula is C19H22N6. The molecular weight excluding hydrogens is 312 g/mol. The summed E-state index contributed by atoms with van der Waals surface area (Å²) in [6.07, 6.45) is 7.42. The van der Waals surface area contributed by atoms with Crippen molar-refractivity contribution < 1.29 is 0 Å². The lowest BCUT2D eigenvalue weighted by molar-refractivity contribution is 0.466. The fourth-order valence-electron chi connectivity index (χ4n) is 3.48. The number of aromatic nitrogens is 5. The molecule has 0 atom stereocenters. The van der Waals surface area contributed by atoms with E-state index in [1.807, 2.05) is 19.2 Å². The summed E-state index contributed by atoms with van der Waals surface area (Å²) in [6.45, 7) is 4.81. The summed E-state index contributed by atoms with van der Waals surface area (Å²) in [5, 5.41) is 8.84. The molecule has 25 heavy (non-hydrogen) atoms. The lowest BCUT2D eigenvalue weighted by Gasteiger charge is -2.32. The monoisotopic (exact) mass is 334 g/mol. The van der Waals surface area contributed by atoms with Gasteiger partial charge in [0.2, 0.25) is 0 Å². The van der Waals surface area contributed by atoms with Crippen LogP contribution in [0.3, 0.4) is 0 Å². The molecule has 3 heterocycles. The third kappa shape index (κ3) is 3.38. The van der Waals surface area contributed by atoms with Gasteiger partial charge in [-0.1, -0.05) is 30.3 Å². The molecule has 0 saturated carbocycles. The average molecular weight is 334 g/mol. The molecule has 0 bridgehead atoms. The lowest BCUT2D eigenvalue weighted by atomic mass is 9.95. The van der Waals surface area contributed by atoms with Crippen LogP contribution < -0.4 is 4.90 Å². The van der Waals surface area contributed by atoms with Crippen LogP contribution in [-0.2, 0) is 6.54 Å². The maximum Gasteiger partial charge on any atom is 0.147 e. The van der Waals surface area contributed by atoms with E-state index in [0.717, 1.165) is 49.9 Å². The number of benzene rings is 1. The Kier molecular flexibility index (Phi) is 4.41. The van der Waals surface area contributed by atoms with Crippen molar-refractivity contribution in [1.29, 1.82) is 0 Å². The molecule has 1 aliphatic rings. The second kappa shape index (κ2) is 7.01. The summed E-state index contributed by atoms with van der Waals surface area (Å²) in [6, 6.07) is 10.5. The van der Waals surface area contributed by atoms with Gasteiger partial charge in [0.25, 0.3) is 0 Å². The fraction of sp³-hybridized carbons (Fsp3) is 0.368. The lowest BCUT2D eigenvalue weighted by Crippen LogP contribution is -2.34. The summed E-state index contributed by atoms with van der Waals surface area (Å²) in [7, 11) is 0. The first-order valence-corrected chi connectivity index (χ1v) is 8.76. The third-order valence-corrected chi connectivity index (χ3v) is 4.88. The van der Waals surface area contributed by atoms with Gasteiger partial charge >= 0.3 is 0 Å². The maximum absolute atomic E-state index is 4.50. The van der Waals surface area contributed by atoms with Crippen LogP contribution in [0.5, 0.6) is 0 Å². The van der Waals surface area contributed by atoms with E-state index in [1.165, 1.54) is 5.56 Å². The smallest absolute Gasteiger partial charge is 0.147 e. The number of piperidine rings is 1. The van der Waals surface area contributed by atoms with Crippen molar-refractivity contribution in [1.82, 2.24) is 24.7 Å². The number of aryl methyl sites for hydroxylation is 1. The second-order valence-corrected chi connectivity index (χ2v) is 6.50. The maximum atomic E-state index is 4.50. The largest absolute Gasteiger partial charge is 0.355 e.